The maximum Gasteiger partial charge on any atom is 0.267 e. The average molecular weight is 381 g/mol. The van der Waals surface area contributed by atoms with Gasteiger partial charge in [0.15, 0.2) is 11.5 Å². The molecule has 2 amide bonds. The Balaban J connectivity index is 0.00000128. The van der Waals surface area contributed by atoms with Gasteiger partial charge in [0.1, 0.15) is 5.69 Å². The summed E-state index contributed by atoms with van der Waals surface area (Å²) >= 11 is 0. The first-order chi connectivity index (χ1) is 13.6. The van der Waals surface area contributed by atoms with E-state index in [1.807, 2.05) is 36.4 Å². The summed E-state index contributed by atoms with van der Waals surface area (Å²) in [5.41, 5.74) is 2.45. The molecule has 0 saturated heterocycles. The number of hydrogen-bond donors (Lipinski definition) is 3. The van der Waals surface area contributed by atoms with Gasteiger partial charge in [0.2, 0.25) is 12.7 Å². The van der Waals surface area contributed by atoms with Crippen LogP contribution in [-0.2, 0) is 10.2 Å². The highest BCUT2D eigenvalue weighted by molar-refractivity contribution is 6.03. The number of benzene rings is 2. The third-order valence-corrected chi connectivity index (χ3v) is 5.46. The predicted molar refractivity (Wildman–Crippen MR) is 108 cm³/mol. The summed E-state index contributed by atoms with van der Waals surface area (Å²) in [4.78, 5) is 27.9. The number of H-pyrrole nitrogens is 1. The smallest absolute Gasteiger partial charge is 0.267 e. The van der Waals surface area contributed by atoms with Crippen molar-refractivity contribution in [1.29, 1.82) is 0 Å². The van der Waals surface area contributed by atoms with Crippen LogP contribution >= 0.6 is 0 Å². The van der Waals surface area contributed by atoms with Gasteiger partial charge in [0.05, 0.1) is 5.41 Å². The summed E-state index contributed by atoms with van der Waals surface area (Å²) in [5.74, 6) is 1.19. The van der Waals surface area contributed by atoms with E-state index in [2.05, 4.69) is 15.6 Å². The maximum atomic E-state index is 13.0. The van der Waals surface area contributed by atoms with Crippen molar-refractivity contribution in [3.8, 4) is 11.5 Å². The van der Waals surface area contributed by atoms with Crippen molar-refractivity contribution in [2.24, 2.45) is 0 Å². The molecule has 146 valence electrons. The lowest BCUT2D eigenvalue weighted by atomic mass is 9.94. The van der Waals surface area contributed by atoms with Crippen molar-refractivity contribution in [3.05, 3.63) is 53.7 Å². The molecule has 0 atom stereocenters. The van der Waals surface area contributed by atoms with E-state index in [1.165, 1.54) is 0 Å². The molecule has 1 aromatic heterocycles. The molecule has 1 aliphatic carbocycles. The Morgan fingerprint density at radius 2 is 1.89 bits per heavy atom. The quantitative estimate of drug-likeness (QED) is 0.646. The molecule has 3 aromatic rings. The van der Waals surface area contributed by atoms with E-state index in [4.69, 9.17) is 9.47 Å². The van der Waals surface area contributed by atoms with Crippen LogP contribution < -0.4 is 20.1 Å². The molecule has 0 bridgehead atoms. The highest BCUT2D eigenvalue weighted by atomic mass is 16.7. The molecule has 28 heavy (non-hydrogen) atoms. The highest BCUT2D eigenvalue weighted by Crippen LogP contribution is 2.51. The Bertz CT molecular complexity index is 1120. The Morgan fingerprint density at radius 3 is 2.68 bits per heavy atom. The Kier molecular flexibility index (Phi) is 3.58. The van der Waals surface area contributed by atoms with Crippen LogP contribution in [0, 0.1) is 0 Å². The van der Waals surface area contributed by atoms with Crippen LogP contribution in [0.1, 0.15) is 31.7 Å². The van der Waals surface area contributed by atoms with Gasteiger partial charge >= 0.3 is 0 Å². The van der Waals surface area contributed by atoms with Crippen molar-refractivity contribution < 1.29 is 21.9 Å². The second-order valence-corrected chi connectivity index (χ2v) is 7.17. The van der Waals surface area contributed by atoms with E-state index in [-0.39, 0.29) is 21.5 Å². The van der Waals surface area contributed by atoms with Crippen molar-refractivity contribution in [2.75, 3.05) is 19.2 Å². The van der Waals surface area contributed by atoms with Gasteiger partial charge in [0, 0.05) is 26.5 Å². The van der Waals surface area contributed by atoms with Crippen LogP contribution in [0.4, 0.5) is 5.69 Å². The van der Waals surface area contributed by atoms with Crippen molar-refractivity contribution >= 4 is 28.4 Å². The SMILES string of the molecule is CNC(=O)c1cc2cc(NC(=O)C3(c4ccc5c(c4)OCO5)CC3)ccc2[nH]1.[HH].[HH]. The first-order valence-electron chi connectivity index (χ1n) is 9.15. The lowest BCUT2D eigenvalue weighted by Gasteiger charge is -2.16. The number of aromatic amines is 1. The minimum absolute atomic E-state index is 0. The fraction of sp³-hybridized carbons (Fsp3) is 0.238. The van der Waals surface area contributed by atoms with Crippen molar-refractivity contribution in [3.63, 3.8) is 0 Å². The number of anilines is 1. The zero-order chi connectivity index (χ0) is 19.3. The topological polar surface area (TPSA) is 92.5 Å². The van der Waals surface area contributed by atoms with Gasteiger partial charge in [0.25, 0.3) is 5.91 Å². The molecular weight excluding hydrogens is 358 g/mol. The summed E-state index contributed by atoms with van der Waals surface area (Å²) < 4.78 is 10.8. The molecule has 1 aliphatic heterocycles. The van der Waals surface area contributed by atoms with Crippen molar-refractivity contribution in [2.45, 2.75) is 18.3 Å². The van der Waals surface area contributed by atoms with E-state index in [1.54, 1.807) is 13.1 Å². The fourth-order valence-electron chi connectivity index (χ4n) is 3.68. The summed E-state index contributed by atoms with van der Waals surface area (Å²) in [5, 5.41) is 6.49. The Labute approximate surface area is 164 Å². The molecule has 5 rings (SSSR count). The third kappa shape index (κ3) is 2.58. The second-order valence-electron chi connectivity index (χ2n) is 7.17. The van der Waals surface area contributed by atoms with Crippen molar-refractivity contribution in [1.82, 2.24) is 10.3 Å². The zero-order valence-corrected chi connectivity index (χ0v) is 15.3. The van der Waals surface area contributed by atoms with Crippen LogP contribution in [0.25, 0.3) is 10.9 Å². The average Bonchev–Trinajstić information content (AvgIpc) is 3.20. The van der Waals surface area contributed by atoms with Crippen LogP contribution in [0.15, 0.2) is 42.5 Å². The van der Waals surface area contributed by atoms with Gasteiger partial charge in [-0.25, -0.2) is 0 Å². The van der Waals surface area contributed by atoms with Gasteiger partial charge in [-0.15, -0.1) is 0 Å². The van der Waals surface area contributed by atoms with Gasteiger partial charge in [-0.05, 0) is 54.8 Å². The fourth-order valence-corrected chi connectivity index (χ4v) is 3.68. The Morgan fingerprint density at radius 1 is 1.07 bits per heavy atom. The second kappa shape index (κ2) is 6.02. The minimum atomic E-state index is -0.526. The van der Waals surface area contributed by atoms with Crippen LogP contribution in [0.2, 0.25) is 0 Å². The molecule has 7 heteroatoms. The number of hydrogen-bond acceptors (Lipinski definition) is 4. The molecule has 0 unspecified atom stereocenters. The van der Waals surface area contributed by atoms with Gasteiger partial charge in [-0.3, -0.25) is 9.59 Å². The molecule has 0 radical (unpaired) electrons. The minimum Gasteiger partial charge on any atom is -0.454 e. The van der Waals surface area contributed by atoms with Gasteiger partial charge in [-0.2, -0.15) is 0 Å². The molecule has 2 aromatic carbocycles. The van der Waals surface area contributed by atoms with Crippen LogP contribution in [-0.4, -0.2) is 30.6 Å². The highest BCUT2D eigenvalue weighted by Gasteiger charge is 2.51. The van der Waals surface area contributed by atoms with E-state index in [0.717, 1.165) is 29.3 Å². The number of carbonyl (C=O) groups is 2. The number of carbonyl (C=O) groups excluding carboxylic acids is 2. The van der Waals surface area contributed by atoms with Crippen LogP contribution in [0.3, 0.4) is 0 Å². The normalized spacial score (nSPS) is 16.0. The number of ether oxygens (including phenoxy) is 2. The molecule has 2 aliphatic rings. The monoisotopic (exact) mass is 381 g/mol. The molecule has 1 fully saturated rings. The van der Waals surface area contributed by atoms with Gasteiger partial charge < -0.3 is 25.1 Å². The number of fused-ring (bicyclic) bond motifs is 2. The number of aromatic nitrogens is 1. The zero-order valence-electron chi connectivity index (χ0n) is 15.3. The third-order valence-electron chi connectivity index (χ3n) is 5.46. The number of rotatable bonds is 4. The lowest BCUT2D eigenvalue weighted by Crippen LogP contribution is -2.27. The Hall–Kier alpha value is -3.48. The molecule has 3 N–H and O–H groups in total. The summed E-state index contributed by atoms with van der Waals surface area (Å²) in [7, 11) is 1.59. The number of amides is 2. The first-order valence-corrected chi connectivity index (χ1v) is 9.15. The first kappa shape index (κ1) is 16.7. The summed E-state index contributed by atoms with van der Waals surface area (Å²) in [6, 6.07) is 13.0. The molecular formula is C21H23N3O4. The summed E-state index contributed by atoms with van der Waals surface area (Å²) in [6.45, 7) is 0.215. The molecule has 2 heterocycles. The lowest BCUT2D eigenvalue weighted by molar-refractivity contribution is -0.118. The van der Waals surface area contributed by atoms with Gasteiger partial charge in [-0.1, -0.05) is 6.07 Å². The molecule has 1 saturated carbocycles. The molecule has 0 spiro atoms. The van der Waals surface area contributed by atoms with E-state index >= 15 is 0 Å². The standard InChI is InChI=1S/C21H19N3O4.2H2/c1-22-19(25)16-9-12-8-14(3-4-15(12)24-16)23-20(26)21(6-7-21)13-2-5-17-18(10-13)28-11-27-17;;/h2-5,8-10,24H,6-7,11H2,1H3,(H,22,25)(H,23,26);2*1H. The van der Waals surface area contributed by atoms with E-state index in [0.29, 0.717) is 22.9 Å². The van der Waals surface area contributed by atoms with E-state index in [9.17, 15) is 9.59 Å². The molecule has 7 nitrogen and oxygen atoms in total. The maximum absolute atomic E-state index is 13.0. The number of nitrogens with one attached hydrogen (secondary N) is 3. The van der Waals surface area contributed by atoms with Crippen LogP contribution in [0.5, 0.6) is 11.5 Å². The summed E-state index contributed by atoms with van der Waals surface area (Å²) in [6.07, 6.45) is 1.59. The van der Waals surface area contributed by atoms with E-state index < -0.39 is 5.41 Å². The predicted octanol–water partition coefficient (Wildman–Crippen LogP) is 3.42. The largest absolute Gasteiger partial charge is 0.454 e.